The highest BCUT2D eigenvalue weighted by Gasteiger charge is 2.13. The fourth-order valence-corrected chi connectivity index (χ4v) is 3.29. The van der Waals surface area contributed by atoms with Gasteiger partial charge in [-0.3, -0.25) is 4.79 Å². The number of amides is 1. The van der Waals surface area contributed by atoms with Crippen molar-refractivity contribution in [3.8, 4) is 0 Å². The zero-order valence-electron chi connectivity index (χ0n) is 11.4. The molecule has 0 aliphatic rings. The lowest BCUT2D eigenvalue weighted by Gasteiger charge is -2.14. The molecule has 1 atom stereocenters. The Morgan fingerprint density at radius 1 is 1.35 bits per heavy atom. The van der Waals surface area contributed by atoms with Gasteiger partial charge in [0.2, 0.25) is 5.91 Å². The SMILES string of the molecule is CCC(CCN)CCC(=O)Nc1c(Cl)cc(Br)cc1Cl. The predicted molar refractivity (Wildman–Crippen MR) is 89.5 cm³/mol. The molecule has 1 aromatic rings. The summed E-state index contributed by atoms with van der Waals surface area (Å²) in [5.41, 5.74) is 6.02. The van der Waals surface area contributed by atoms with E-state index in [4.69, 9.17) is 28.9 Å². The molecule has 0 saturated heterocycles. The Bertz CT molecular complexity index is 445. The van der Waals surface area contributed by atoms with Crippen LogP contribution in [0.3, 0.4) is 0 Å². The van der Waals surface area contributed by atoms with E-state index < -0.39 is 0 Å². The molecule has 6 heteroatoms. The van der Waals surface area contributed by atoms with Crippen LogP contribution in [0.4, 0.5) is 5.69 Å². The second-order valence-electron chi connectivity index (χ2n) is 4.68. The van der Waals surface area contributed by atoms with Gasteiger partial charge in [0.15, 0.2) is 0 Å². The molecule has 0 saturated carbocycles. The lowest BCUT2D eigenvalue weighted by molar-refractivity contribution is -0.116. The van der Waals surface area contributed by atoms with E-state index in [-0.39, 0.29) is 5.91 Å². The van der Waals surface area contributed by atoms with Gasteiger partial charge >= 0.3 is 0 Å². The van der Waals surface area contributed by atoms with Crippen molar-refractivity contribution in [3.63, 3.8) is 0 Å². The Morgan fingerprint density at radius 2 is 1.95 bits per heavy atom. The first-order valence-electron chi connectivity index (χ1n) is 6.62. The summed E-state index contributed by atoms with van der Waals surface area (Å²) in [6.45, 7) is 2.77. The van der Waals surface area contributed by atoms with Gasteiger partial charge in [-0.15, -0.1) is 0 Å². The molecular formula is C14H19BrCl2N2O. The summed E-state index contributed by atoms with van der Waals surface area (Å²) in [6, 6.07) is 3.40. The van der Waals surface area contributed by atoms with E-state index in [0.29, 0.717) is 34.6 Å². The molecule has 0 bridgehead atoms. The van der Waals surface area contributed by atoms with Gasteiger partial charge in [-0.2, -0.15) is 0 Å². The average Bonchev–Trinajstić information content (AvgIpc) is 2.38. The van der Waals surface area contributed by atoms with Crippen LogP contribution in [0.2, 0.25) is 10.0 Å². The summed E-state index contributed by atoms with van der Waals surface area (Å²) in [5, 5.41) is 3.62. The molecule has 3 nitrogen and oxygen atoms in total. The third-order valence-corrected chi connectivity index (χ3v) is 4.26. The lowest BCUT2D eigenvalue weighted by atomic mass is 9.96. The number of halogens is 3. The maximum atomic E-state index is 12.0. The maximum absolute atomic E-state index is 12.0. The van der Waals surface area contributed by atoms with Gasteiger partial charge in [0.1, 0.15) is 0 Å². The molecule has 0 aliphatic heterocycles. The second-order valence-corrected chi connectivity index (χ2v) is 6.41. The van der Waals surface area contributed by atoms with Gasteiger partial charge in [0.05, 0.1) is 15.7 Å². The van der Waals surface area contributed by atoms with Gasteiger partial charge < -0.3 is 11.1 Å². The molecule has 0 radical (unpaired) electrons. The molecule has 0 aromatic heterocycles. The van der Waals surface area contributed by atoms with Gasteiger partial charge in [0, 0.05) is 10.9 Å². The van der Waals surface area contributed by atoms with Crippen LogP contribution in [-0.2, 0) is 4.79 Å². The minimum Gasteiger partial charge on any atom is -0.330 e. The van der Waals surface area contributed by atoms with Crippen LogP contribution in [-0.4, -0.2) is 12.5 Å². The van der Waals surface area contributed by atoms with Crippen molar-refractivity contribution in [1.82, 2.24) is 0 Å². The summed E-state index contributed by atoms with van der Waals surface area (Å²) in [7, 11) is 0. The Morgan fingerprint density at radius 3 is 2.45 bits per heavy atom. The number of rotatable bonds is 7. The molecule has 0 fully saturated rings. The number of hydrogen-bond donors (Lipinski definition) is 2. The monoisotopic (exact) mass is 380 g/mol. The van der Waals surface area contributed by atoms with Crippen LogP contribution in [0.15, 0.2) is 16.6 Å². The summed E-state index contributed by atoms with van der Waals surface area (Å²) in [6.07, 6.45) is 3.25. The van der Waals surface area contributed by atoms with E-state index in [1.165, 1.54) is 0 Å². The van der Waals surface area contributed by atoms with E-state index in [1.807, 2.05) is 0 Å². The number of benzene rings is 1. The highest BCUT2D eigenvalue weighted by molar-refractivity contribution is 9.10. The second kappa shape index (κ2) is 8.88. The number of anilines is 1. The van der Waals surface area contributed by atoms with Crippen LogP contribution >= 0.6 is 39.1 Å². The predicted octanol–water partition coefficient (Wildman–Crippen LogP) is 4.85. The van der Waals surface area contributed by atoms with E-state index >= 15 is 0 Å². The van der Waals surface area contributed by atoms with Crippen molar-refractivity contribution in [2.24, 2.45) is 11.7 Å². The first kappa shape index (κ1) is 17.8. The highest BCUT2D eigenvalue weighted by atomic mass is 79.9. The summed E-state index contributed by atoms with van der Waals surface area (Å²) in [5.74, 6) is 0.410. The molecular weight excluding hydrogens is 363 g/mol. The van der Waals surface area contributed by atoms with E-state index in [9.17, 15) is 4.79 Å². The quantitative estimate of drug-likeness (QED) is 0.709. The Labute approximate surface area is 138 Å². The minimum absolute atomic E-state index is 0.0772. The normalized spacial score (nSPS) is 12.2. The molecule has 3 N–H and O–H groups in total. The van der Waals surface area contributed by atoms with Gasteiger partial charge in [-0.1, -0.05) is 52.5 Å². The first-order chi connectivity index (χ1) is 9.47. The molecule has 1 rings (SSSR count). The van der Waals surface area contributed by atoms with Crippen molar-refractivity contribution in [3.05, 3.63) is 26.7 Å². The molecule has 1 unspecified atom stereocenters. The summed E-state index contributed by atoms with van der Waals surface area (Å²) in [4.78, 5) is 12.0. The summed E-state index contributed by atoms with van der Waals surface area (Å²) >= 11 is 15.4. The van der Waals surface area contributed by atoms with Crippen LogP contribution < -0.4 is 11.1 Å². The largest absolute Gasteiger partial charge is 0.330 e. The molecule has 20 heavy (non-hydrogen) atoms. The Balaban J connectivity index is 2.59. The molecule has 0 aliphatic carbocycles. The topological polar surface area (TPSA) is 55.1 Å². The van der Waals surface area contributed by atoms with Crippen LogP contribution in [0.5, 0.6) is 0 Å². The van der Waals surface area contributed by atoms with Crippen LogP contribution in [0, 0.1) is 5.92 Å². The zero-order valence-corrected chi connectivity index (χ0v) is 14.5. The maximum Gasteiger partial charge on any atom is 0.224 e. The minimum atomic E-state index is -0.0772. The highest BCUT2D eigenvalue weighted by Crippen LogP contribution is 2.34. The summed E-state index contributed by atoms with van der Waals surface area (Å²) < 4.78 is 0.777. The Kier molecular flexibility index (Phi) is 7.88. The molecule has 1 aromatic carbocycles. The van der Waals surface area contributed by atoms with Crippen molar-refractivity contribution in [1.29, 1.82) is 0 Å². The number of nitrogens with two attached hydrogens (primary N) is 1. The number of nitrogens with one attached hydrogen (secondary N) is 1. The van der Waals surface area contributed by atoms with Crippen molar-refractivity contribution in [2.45, 2.75) is 32.6 Å². The Hall–Kier alpha value is -0.290. The van der Waals surface area contributed by atoms with E-state index in [2.05, 4.69) is 28.2 Å². The first-order valence-corrected chi connectivity index (χ1v) is 8.17. The fraction of sp³-hybridized carbons (Fsp3) is 0.500. The van der Waals surface area contributed by atoms with Gasteiger partial charge in [-0.25, -0.2) is 0 Å². The third kappa shape index (κ3) is 5.60. The van der Waals surface area contributed by atoms with Crippen molar-refractivity contribution < 1.29 is 4.79 Å². The number of carbonyl (C=O) groups excluding carboxylic acids is 1. The molecule has 112 valence electrons. The van der Waals surface area contributed by atoms with E-state index in [0.717, 1.165) is 23.7 Å². The lowest BCUT2D eigenvalue weighted by Crippen LogP contribution is -2.15. The molecule has 1 amide bonds. The van der Waals surface area contributed by atoms with Crippen LogP contribution in [0.25, 0.3) is 0 Å². The number of hydrogen-bond acceptors (Lipinski definition) is 2. The fourth-order valence-electron chi connectivity index (χ4n) is 1.99. The van der Waals surface area contributed by atoms with Crippen molar-refractivity contribution >= 4 is 50.7 Å². The van der Waals surface area contributed by atoms with Gasteiger partial charge in [0.25, 0.3) is 0 Å². The standard InChI is InChI=1S/C14H19BrCl2N2O/c1-2-9(5-6-18)3-4-13(20)19-14-11(16)7-10(15)8-12(14)17/h7-9H,2-6,18H2,1H3,(H,19,20). The smallest absolute Gasteiger partial charge is 0.224 e. The van der Waals surface area contributed by atoms with Gasteiger partial charge in [-0.05, 0) is 37.4 Å². The number of carbonyl (C=O) groups is 1. The average molecular weight is 382 g/mol. The third-order valence-electron chi connectivity index (χ3n) is 3.20. The molecule has 0 spiro atoms. The van der Waals surface area contributed by atoms with Crippen molar-refractivity contribution in [2.75, 3.05) is 11.9 Å². The molecule has 0 heterocycles. The zero-order chi connectivity index (χ0) is 15.1. The van der Waals surface area contributed by atoms with E-state index in [1.54, 1.807) is 12.1 Å². The van der Waals surface area contributed by atoms with Crippen LogP contribution in [0.1, 0.15) is 32.6 Å².